The molecule has 4 nitrogen and oxygen atoms in total. The van der Waals surface area contributed by atoms with Crippen LogP contribution in [0.5, 0.6) is 0 Å². The summed E-state index contributed by atoms with van der Waals surface area (Å²) in [5, 5.41) is 11.3. The molecule has 2 aromatic carbocycles. The lowest BCUT2D eigenvalue weighted by Crippen LogP contribution is -2.37. The molecule has 0 fully saturated rings. The lowest BCUT2D eigenvalue weighted by Gasteiger charge is -2.11. The highest BCUT2D eigenvalue weighted by Gasteiger charge is 2.16. The molecule has 0 aromatic heterocycles. The molecule has 1 amide bonds. The van der Waals surface area contributed by atoms with E-state index < -0.39 is 12.0 Å². The molecule has 0 bridgehead atoms. The summed E-state index contributed by atoms with van der Waals surface area (Å²) >= 11 is 0. The zero-order chi connectivity index (χ0) is 14.4. The first-order valence-corrected chi connectivity index (χ1v) is 6.27. The van der Waals surface area contributed by atoms with Gasteiger partial charge in [0.2, 0.25) is 6.41 Å². The number of benzene rings is 2. The van der Waals surface area contributed by atoms with Crippen molar-refractivity contribution in [1.82, 2.24) is 5.32 Å². The van der Waals surface area contributed by atoms with Crippen molar-refractivity contribution >= 4 is 12.4 Å². The van der Waals surface area contributed by atoms with Gasteiger partial charge in [-0.15, -0.1) is 0 Å². The van der Waals surface area contributed by atoms with Crippen LogP contribution in [0.25, 0.3) is 11.1 Å². The van der Waals surface area contributed by atoms with Crippen molar-refractivity contribution in [2.45, 2.75) is 12.5 Å². The van der Waals surface area contributed by atoms with Crippen LogP contribution in [0.4, 0.5) is 0 Å². The summed E-state index contributed by atoms with van der Waals surface area (Å²) in [6, 6.07) is 16.7. The van der Waals surface area contributed by atoms with Gasteiger partial charge in [-0.05, 0) is 16.7 Å². The predicted molar refractivity (Wildman–Crippen MR) is 76.2 cm³/mol. The number of hydrogen-bond donors (Lipinski definition) is 2. The van der Waals surface area contributed by atoms with Crippen molar-refractivity contribution < 1.29 is 14.7 Å². The third kappa shape index (κ3) is 3.45. The molecule has 0 aliphatic carbocycles. The molecule has 2 N–H and O–H groups in total. The molecule has 0 aliphatic rings. The highest BCUT2D eigenvalue weighted by atomic mass is 16.4. The Bertz CT molecular complexity index is 578. The summed E-state index contributed by atoms with van der Waals surface area (Å²) < 4.78 is 0. The maximum atomic E-state index is 11.0. The number of amides is 1. The molecule has 0 heterocycles. The van der Waals surface area contributed by atoms with Gasteiger partial charge in [-0.1, -0.05) is 54.6 Å². The third-order valence-corrected chi connectivity index (χ3v) is 3.07. The van der Waals surface area contributed by atoms with Crippen LogP contribution in [0.3, 0.4) is 0 Å². The van der Waals surface area contributed by atoms with E-state index in [1.807, 2.05) is 54.6 Å². The number of rotatable bonds is 6. The number of carbonyl (C=O) groups is 2. The quantitative estimate of drug-likeness (QED) is 0.789. The number of carboxylic acid groups (broad SMARTS) is 1. The summed E-state index contributed by atoms with van der Waals surface area (Å²) in [5.74, 6) is -1.04. The fourth-order valence-corrected chi connectivity index (χ4v) is 2.00. The molecule has 4 heteroatoms. The fraction of sp³-hybridized carbons (Fsp3) is 0.125. The van der Waals surface area contributed by atoms with Gasteiger partial charge in [-0.2, -0.15) is 0 Å². The number of aliphatic carboxylic acids is 1. The van der Waals surface area contributed by atoms with E-state index in [4.69, 9.17) is 5.11 Å². The maximum absolute atomic E-state index is 11.0. The molecule has 2 rings (SSSR count). The molecular weight excluding hydrogens is 254 g/mol. The molecule has 20 heavy (non-hydrogen) atoms. The zero-order valence-corrected chi connectivity index (χ0v) is 10.8. The molecule has 2 aromatic rings. The van der Waals surface area contributed by atoms with E-state index in [2.05, 4.69) is 5.32 Å². The van der Waals surface area contributed by atoms with E-state index in [1.54, 1.807) is 0 Å². The summed E-state index contributed by atoms with van der Waals surface area (Å²) in [4.78, 5) is 21.3. The lowest BCUT2D eigenvalue weighted by molar-refractivity contribution is -0.140. The monoisotopic (exact) mass is 269 g/mol. The summed E-state index contributed by atoms with van der Waals surface area (Å²) in [5.41, 5.74) is 3.05. The smallest absolute Gasteiger partial charge is 0.326 e. The second kappa shape index (κ2) is 6.52. The second-order valence-corrected chi connectivity index (χ2v) is 4.44. The Kier molecular flexibility index (Phi) is 4.50. The van der Waals surface area contributed by atoms with Crippen LogP contribution in [-0.4, -0.2) is 23.5 Å². The minimum atomic E-state index is -1.04. The molecular formula is C16H15NO3. The van der Waals surface area contributed by atoms with Crippen molar-refractivity contribution in [1.29, 1.82) is 0 Å². The van der Waals surface area contributed by atoms with E-state index in [1.165, 1.54) is 0 Å². The van der Waals surface area contributed by atoms with Crippen LogP contribution in [-0.2, 0) is 16.0 Å². The van der Waals surface area contributed by atoms with E-state index in [-0.39, 0.29) is 6.42 Å². The molecule has 0 saturated heterocycles. The number of hydrogen-bond acceptors (Lipinski definition) is 2. The van der Waals surface area contributed by atoms with Crippen LogP contribution in [0, 0.1) is 0 Å². The van der Waals surface area contributed by atoms with Gasteiger partial charge in [0.05, 0.1) is 0 Å². The number of nitrogens with one attached hydrogen (secondary N) is 1. The van der Waals surface area contributed by atoms with Crippen LogP contribution < -0.4 is 5.32 Å². The summed E-state index contributed by atoms with van der Waals surface area (Å²) in [7, 11) is 0. The van der Waals surface area contributed by atoms with E-state index in [9.17, 15) is 9.59 Å². The van der Waals surface area contributed by atoms with Crippen LogP contribution in [0.2, 0.25) is 0 Å². The minimum Gasteiger partial charge on any atom is -0.480 e. The topological polar surface area (TPSA) is 66.4 Å². The van der Waals surface area contributed by atoms with Crippen molar-refractivity contribution in [2.24, 2.45) is 0 Å². The standard InChI is InChI=1S/C16H15NO3/c18-11-17-15(16(19)20)10-12-6-8-14(9-7-12)13-4-2-1-3-5-13/h1-9,11,15H,10H2,(H,17,18)(H,19,20). The molecule has 102 valence electrons. The van der Waals surface area contributed by atoms with Gasteiger partial charge < -0.3 is 10.4 Å². The highest BCUT2D eigenvalue weighted by molar-refractivity contribution is 5.76. The number of carbonyl (C=O) groups excluding carboxylic acids is 1. The van der Waals surface area contributed by atoms with Gasteiger partial charge in [0.15, 0.2) is 0 Å². The van der Waals surface area contributed by atoms with Gasteiger partial charge in [-0.25, -0.2) is 4.79 Å². The van der Waals surface area contributed by atoms with Crippen molar-refractivity contribution in [3.8, 4) is 11.1 Å². The van der Waals surface area contributed by atoms with Crippen molar-refractivity contribution in [2.75, 3.05) is 0 Å². The van der Waals surface area contributed by atoms with Gasteiger partial charge in [0, 0.05) is 6.42 Å². The van der Waals surface area contributed by atoms with Gasteiger partial charge >= 0.3 is 5.97 Å². The molecule has 0 saturated carbocycles. The minimum absolute atomic E-state index is 0.267. The van der Waals surface area contributed by atoms with Gasteiger partial charge in [0.1, 0.15) is 6.04 Å². The summed E-state index contributed by atoms with van der Waals surface area (Å²) in [6.07, 6.45) is 0.681. The van der Waals surface area contributed by atoms with Crippen molar-refractivity contribution in [3.63, 3.8) is 0 Å². The molecule has 0 aliphatic heterocycles. The Labute approximate surface area is 117 Å². The van der Waals surface area contributed by atoms with Gasteiger partial charge in [-0.3, -0.25) is 4.79 Å². The van der Waals surface area contributed by atoms with Gasteiger partial charge in [0.25, 0.3) is 0 Å². The Morgan fingerprint density at radius 1 is 1.05 bits per heavy atom. The third-order valence-electron chi connectivity index (χ3n) is 3.07. The lowest BCUT2D eigenvalue weighted by atomic mass is 10.0. The van der Waals surface area contributed by atoms with Crippen molar-refractivity contribution in [3.05, 3.63) is 60.2 Å². The highest BCUT2D eigenvalue weighted by Crippen LogP contribution is 2.19. The van der Waals surface area contributed by atoms with E-state index in [0.29, 0.717) is 6.41 Å². The Hall–Kier alpha value is -2.62. The van der Waals surface area contributed by atoms with Crippen LogP contribution in [0.15, 0.2) is 54.6 Å². The first-order valence-electron chi connectivity index (χ1n) is 6.27. The van der Waals surface area contributed by atoms with E-state index in [0.717, 1.165) is 16.7 Å². The Balaban J connectivity index is 2.12. The normalized spacial score (nSPS) is 11.6. The predicted octanol–water partition coefficient (Wildman–Crippen LogP) is 2.10. The number of carboxylic acids is 1. The first-order chi connectivity index (χ1) is 9.70. The summed E-state index contributed by atoms with van der Waals surface area (Å²) in [6.45, 7) is 0. The van der Waals surface area contributed by atoms with Crippen LogP contribution in [0.1, 0.15) is 5.56 Å². The van der Waals surface area contributed by atoms with E-state index >= 15 is 0 Å². The van der Waals surface area contributed by atoms with Crippen LogP contribution >= 0.6 is 0 Å². The molecule has 1 unspecified atom stereocenters. The molecule has 1 atom stereocenters. The molecule has 0 radical (unpaired) electrons. The fourth-order valence-electron chi connectivity index (χ4n) is 2.00. The second-order valence-electron chi connectivity index (χ2n) is 4.44. The average molecular weight is 269 g/mol. The maximum Gasteiger partial charge on any atom is 0.326 e. The Morgan fingerprint density at radius 3 is 2.20 bits per heavy atom. The Morgan fingerprint density at radius 2 is 1.65 bits per heavy atom. The zero-order valence-electron chi connectivity index (χ0n) is 10.8. The largest absolute Gasteiger partial charge is 0.480 e. The SMILES string of the molecule is O=CNC(Cc1ccc(-c2ccccc2)cc1)C(=O)O. The molecule has 0 spiro atoms. The first kappa shape index (κ1) is 13.8. The average Bonchev–Trinajstić information content (AvgIpc) is 2.48.